The van der Waals surface area contributed by atoms with E-state index in [1.165, 1.54) is 36.4 Å². The monoisotopic (exact) mass is 819 g/mol. The van der Waals surface area contributed by atoms with E-state index in [2.05, 4.69) is 56.3 Å². The molecule has 58 heavy (non-hydrogen) atoms. The first-order valence-corrected chi connectivity index (χ1v) is 21.3. The summed E-state index contributed by atoms with van der Waals surface area (Å²) in [6.07, 6.45) is 13.9. The molecule has 0 fully saturated rings. The number of nitrogens with zero attached hydrogens (tertiary/aromatic N) is 4. The fourth-order valence-electron chi connectivity index (χ4n) is 6.80. The summed E-state index contributed by atoms with van der Waals surface area (Å²) in [5.74, 6) is 13.3. The molecule has 0 bridgehead atoms. The number of amidine groups is 1. The molecule has 3 aliphatic rings. The molecule has 1 aromatic heterocycles. The van der Waals surface area contributed by atoms with Crippen LogP contribution in [0.25, 0.3) is 0 Å². The molecule has 2 aromatic carbocycles. The first-order valence-electron chi connectivity index (χ1n) is 18.5. The van der Waals surface area contributed by atoms with Crippen LogP contribution in [-0.2, 0) is 37.5 Å². The molecule has 0 unspecified atom stereocenters. The number of aliphatic imine (C=N–C) groups is 2. The van der Waals surface area contributed by atoms with Crippen LogP contribution in [0.1, 0.15) is 75.6 Å². The SMILES string of the molecule is C[n+]1cc(C#Cc2ccc(S(=O)(=O)O)cc2)cc2c1N=C(/C=C/C=C1\N=C3C(=CC(C#Cc4ccc(S(=O)(=O)O)cc4)=CN3CCCCCC(=O)O)C1(C)C)C2(C)C. The van der Waals surface area contributed by atoms with Crippen molar-refractivity contribution in [3.63, 3.8) is 0 Å². The van der Waals surface area contributed by atoms with Crippen LogP contribution in [0.4, 0.5) is 5.82 Å². The summed E-state index contributed by atoms with van der Waals surface area (Å²) >= 11 is 0. The number of benzene rings is 2. The maximum absolute atomic E-state index is 11.5. The number of allylic oxidation sites excluding steroid dienone is 6. The van der Waals surface area contributed by atoms with E-state index < -0.39 is 37.0 Å². The minimum absolute atomic E-state index is 0.112. The molecule has 0 amide bonds. The standard InChI is InChI=1S/C44H42N4O8S2/c1-43(2)36-26-32(15-13-30-17-21-34(22-18-30)57(51,52)53)28-47(5)41(36)45-38(43)10-9-11-39-44(3,4)37-27-33(16-14-31-19-23-35(24-20-31)58(54,55)56)29-48(42(37)46-39)25-8-6-7-12-40(49)50/h9-11,17-24,26-29H,6-8,12,25H2,1-5H3,(H2-,49,50,51,52,53,54,55,56)/p+1. The Bertz CT molecular complexity index is 2730. The van der Waals surface area contributed by atoms with Crippen LogP contribution in [0.15, 0.2) is 128 Å². The van der Waals surface area contributed by atoms with Crippen molar-refractivity contribution in [2.75, 3.05) is 6.54 Å². The second kappa shape index (κ2) is 16.2. The normalized spacial score (nSPS) is 17.3. The van der Waals surface area contributed by atoms with Crippen molar-refractivity contribution < 1.29 is 40.4 Å². The number of carboxylic acid groups (broad SMARTS) is 1. The molecule has 12 nitrogen and oxygen atoms in total. The Kier molecular flexibility index (Phi) is 11.6. The van der Waals surface area contributed by atoms with Crippen LogP contribution in [-0.4, -0.2) is 60.0 Å². The Morgan fingerprint density at radius 2 is 1.40 bits per heavy atom. The zero-order valence-electron chi connectivity index (χ0n) is 32.7. The number of carboxylic acids is 1. The third-order valence-electron chi connectivity index (χ3n) is 10.2. The molecule has 3 N–H and O–H groups in total. The molecule has 0 atom stereocenters. The van der Waals surface area contributed by atoms with E-state index in [9.17, 15) is 30.7 Å². The van der Waals surface area contributed by atoms with E-state index in [-0.39, 0.29) is 16.2 Å². The summed E-state index contributed by atoms with van der Waals surface area (Å²) in [4.78, 5) is 22.8. The van der Waals surface area contributed by atoms with Crippen molar-refractivity contribution in [2.24, 2.45) is 22.4 Å². The van der Waals surface area contributed by atoms with E-state index >= 15 is 0 Å². The molecule has 0 spiro atoms. The lowest BCUT2D eigenvalue weighted by molar-refractivity contribution is -0.658. The predicted molar refractivity (Wildman–Crippen MR) is 221 cm³/mol. The zero-order valence-corrected chi connectivity index (χ0v) is 34.3. The van der Waals surface area contributed by atoms with Gasteiger partial charge in [0.05, 0.1) is 39.1 Å². The summed E-state index contributed by atoms with van der Waals surface area (Å²) in [7, 11) is -6.69. The lowest BCUT2D eigenvalue weighted by Crippen LogP contribution is -2.32. The first-order chi connectivity index (χ1) is 27.2. The molecule has 14 heteroatoms. The Morgan fingerprint density at radius 1 is 0.810 bits per heavy atom. The quantitative estimate of drug-likeness (QED) is 0.0896. The number of carbonyl (C=O) groups is 1. The molecule has 0 aliphatic carbocycles. The van der Waals surface area contributed by atoms with Crippen molar-refractivity contribution in [3.05, 3.63) is 130 Å². The van der Waals surface area contributed by atoms with Crippen molar-refractivity contribution in [1.82, 2.24) is 4.90 Å². The van der Waals surface area contributed by atoms with Gasteiger partial charge in [-0.15, -0.1) is 0 Å². The van der Waals surface area contributed by atoms with Crippen molar-refractivity contribution in [2.45, 2.75) is 68.6 Å². The van der Waals surface area contributed by atoms with Gasteiger partial charge in [-0.3, -0.25) is 13.9 Å². The van der Waals surface area contributed by atoms with Crippen LogP contribution >= 0.6 is 0 Å². The fourth-order valence-corrected chi connectivity index (χ4v) is 7.76. The first kappa shape index (κ1) is 41.7. The summed E-state index contributed by atoms with van der Waals surface area (Å²) < 4.78 is 66.3. The maximum atomic E-state index is 11.5. The Hall–Kier alpha value is -5.90. The summed E-state index contributed by atoms with van der Waals surface area (Å²) in [5, 5.41) is 9.08. The second-order valence-corrected chi connectivity index (χ2v) is 18.1. The van der Waals surface area contributed by atoms with Crippen LogP contribution in [0, 0.1) is 29.1 Å². The number of fused-ring (bicyclic) bond motifs is 2. The number of aromatic nitrogens is 1. The average molecular weight is 820 g/mol. The third kappa shape index (κ3) is 9.28. The minimum atomic E-state index is -4.32. The molecule has 0 radical (unpaired) electrons. The third-order valence-corrected chi connectivity index (χ3v) is 11.9. The fraction of sp³-hybridized carbons (Fsp3) is 0.273. The van der Waals surface area contributed by atoms with Crippen LogP contribution < -0.4 is 4.57 Å². The molecule has 3 aromatic rings. The largest absolute Gasteiger partial charge is 0.481 e. The topological polar surface area (TPSA) is 178 Å². The summed E-state index contributed by atoms with van der Waals surface area (Å²) in [6, 6.07) is 13.4. The van der Waals surface area contributed by atoms with Gasteiger partial charge in [0.25, 0.3) is 20.2 Å². The van der Waals surface area contributed by atoms with Gasteiger partial charge in [0.2, 0.25) is 0 Å². The average Bonchev–Trinajstić information content (AvgIpc) is 3.56. The summed E-state index contributed by atoms with van der Waals surface area (Å²) in [6.45, 7) is 9.01. The van der Waals surface area contributed by atoms with Crippen molar-refractivity contribution in [1.29, 1.82) is 0 Å². The Labute approximate surface area is 339 Å². The van der Waals surface area contributed by atoms with Gasteiger partial charge in [0.1, 0.15) is 12.0 Å². The van der Waals surface area contributed by atoms with Gasteiger partial charge in [-0.1, -0.05) is 50.0 Å². The minimum Gasteiger partial charge on any atom is -0.481 e. The number of pyridine rings is 1. The number of unbranched alkanes of at least 4 members (excludes halogenated alkanes) is 2. The molecule has 0 saturated heterocycles. The van der Waals surface area contributed by atoms with Gasteiger partial charge in [0.15, 0.2) is 5.71 Å². The molecular weight excluding hydrogens is 777 g/mol. The van der Waals surface area contributed by atoms with Gasteiger partial charge in [-0.25, -0.2) is 9.56 Å². The Balaban J connectivity index is 1.24. The lowest BCUT2D eigenvalue weighted by atomic mass is 9.80. The van der Waals surface area contributed by atoms with Crippen LogP contribution in [0.3, 0.4) is 0 Å². The number of rotatable bonds is 10. The molecule has 0 saturated carbocycles. The second-order valence-electron chi connectivity index (χ2n) is 15.2. The van der Waals surface area contributed by atoms with Crippen LogP contribution in [0.5, 0.6) is 0 Å². The number of hydrogen-bond acceptors (Lipinski definition) is 8. The summed E-state index contributed by atoms with van der Waals surface area (Å²) in [5.41, 5.74) is 5.39. The van der Waals surface area contributed by atoms with E-state index in [0.29, 0.717) is 24.1 Å². The van der Waals surface area contributed by atoms with E-state index in [4.69, 9.17) is 15.1 Å². The zero-order chi connectivity index (χ0) is 42.0. The maximum Gasteiger partial charge on any atom is 0.327 e. The molecule has 6 rings (SSSR count). The van der Waals surface area contributed by atoms with Gasteiger partial charge in [-0.05, 0) is 105 Å². The van der Waals surface area contributed by atoms with Gasteiger partial charge in [-0.2, -0.15) is 16.8 Å². The highest BCUT2D eigenvalue weighted by atomic mass is 32.2. The Morgan fingerprint density at radius 3 is 1.98 bits per heavy atom. The number of aliphatic carboxylic acids is 1. The number of aryl methyl sites for hydroxylation is 1. The molecular formula is C44H43N4O8S2+. The van der Waals surface area contributed by atoms with E-state index in [1.807, 2.05) is 54.4 Å². The highest BCUT2D eigenvalue weighted by Crippen LogP contribution is 2.45. The molecule has 4 heterocycles. The molecule has 3 aliphatic heterocycles. The van der Waals surface area contributed by atoms with Crippen molar-refractivity contribution >= 4 is 43.6 Å². The van der Waals surface area contributed by atoms with Gasteiger partial charge < -0.3 is 10.0 Å². The highest BCUT2D eigenvalue weighted by Gasteiger charge is 2.43. The van der Waals surface area contributed by atoms with E-state index in [0.717, 1.165) is 58.2 Å². The highest BCUT2D eigenvalue weighted by molar-refractivity contribution is 7.86. The lowest BCUT2D eigenvalue weighted by Gasteiger charge is -2.29. The van der Waals surface area contributed by atoms with E-state index in [1.54, 1.807) is 12.1 Å². The smallest absolute Gasteiger partial charge is 0.327 e. The van der Waals surface area contributed by atoms with Gasteiger partial charge >= 0.3 is 11.8 Å². The molecule has 298 valence electrons. The van der Waals surface area contributed by atoms with Crippen molar-refractivity contribution in [3.8, 4) is 23.7 Å². The predicted octanol–water partition coefficient (Wildman–Crippen LogP) is 6.47. The van der Waals surface area contributed by atoms with Gasteiger partial charge in [0, 0.05) is 46.9 Å². The van der Waals surface area contributed by atoms with Crippen LogP contribution in [0.2, 0.25) is 0 Å². The number of hydrogen-bond donors (Lipinski definition) is 3.